The second kappa shape index (κ2) is 5.24. The Labute approximate surface area is 116 Å². The Kier molecular flexibility index (Phi) is 3.83. The summed E-state index contributed by atoms with van der Waals surface area (Å²) < 4.78 is 0. The van der Waals surface area contributed by atoms with Crippen molar-refractivity contribution in [2.45, 2.75) is 52.1 Å². The van der Waals surface area contributed by atoms with E-state index in [1.807, 2.05) is 0 Å². The lowest BCUT2D eigenvalue weighted by molar-refractivity contribution is 0.158. The number of hydrogen-bond acceptors (Lipinski definition) is 3. The molecule has 104 valence electrons. The molecule has 19 heavy (non-hydrogen) atoms. The second-order valence-electron chi connectivity index (χ2n) is 5.57. The lowest BCUT2D eigenvalue weighted by Crippen LogP contribution is -2.52. The fourth-order valence-corrected chi connectivity index (χ4v) is 3.11. The van der Waals surface area contributed by atoms with E-state index < -0.39 is 0 Å². The predicted molar refractivity (Wildman–Crippen MR) is 81.3 cm³/mol. The van der Waals surface area contributed by atoms with Gasteiger partial charge in [0.2, 0.25) is 0 Å². The van der Waals surface area contributed by atoms with Crippen LogP contribution >= 0.6 is 0 Å². The lowest BCUT2D eigenvalue weighted by Gasteiger charge is -2.42. The minimum absolute atomic E-state index is 0.0650. The summed E-state index contributed by atoms with van der Waals surface area (Å²) in [5, 5.41) is 0. The molecule has 0 radical (unpaired) electrons. The number of hydrogen-bond donors (Lipinski definition) is 1. The molecule has 1 aromatic carbocycles. The smallest absolute Gasteiger partial charge is 0.192 e. The summed E-state index contributed by atoms with van der Waals surface area (Å²) >= 11 is 0. The Bertz CT molecular complexity index is 461. The predicted octanol–water partition coefficient (Wildman–Crippen LogP) is 2.89. The first-order chi connectivity index (χ1) is 9.05. The molecule has 1 aliphatic rings. The average Bonchev–Trinajstić information content (AvgIpc) is 2.77. The third kappa shape index (κ3) is 2.22. The van der Waals surface area contributed by atoms with Gasteiger partial charge in [-0.2, -0.15) is 0 Å². The fraction of sp³-hybridized carbons (Fsp3) is 0.562. The van der Waals surface area contributed by atoms with E-state index in [0.29, 0.717) is 12.0 Å². The van der Waals surface area contributed by atoms with Gasteiger partial charge in [-0.3, -0.25) is 4.99 Å². The molecule has 0 saturated heterocycles. The Morgan fingerprint density at radius 2 is 1.89 bits per heavy atom. The van der Waals surface area contributed by atoms with Crippen molar-refractivity contribution in [2.75, 3.05) is 6.54 Å². The molecule has 1 aromatic rings. The fourth-order valence-electron chi connectivity index (χ4n) is 3.11. The topological polar surface area (TPSA) is 41.6 Å². The van der Waals surface area contributed by atoms with Crippen molar-refractivity contribution < 1.29 is 0 Å². The van der Waals surface area contributed by atoms with Crippen molar-refractivity contribution in [1.29, 1.82) is 0 Å². The van der Waals surface area contributed by atoms with Crippen LogP contribution < -0.4 is 5.73 Å². The van der Waals surface area contributed by atoms with Gasteiger partial charge in [0.15, 0.2) is 5.96 Å². The van der Waals surface area contributed by atoms with Crippen molar-refractivity contribution in [1.82, 2.24) is 4.90 Å². The maximum Gasteiger partial charge on any atom is 0.192 e. The van der Waals surface area contributed by atoms with Gasteiger partial charge in [-0.25, -0.2) is 0 Å². The summed E-state index contributed by atoms with van der Waals surface area (Å²) in [6.45, 7) is 9.52. The van der Waals surface area contributed by atoms with E-state index in [1.54, 1.807) is 0 Å². The molecule has 0 bridgehead atoms. The van der Waals surface area contributed by atoms with Crippen LogP contribution in [0.1, 0.15) is 45.2 Å². The van der Waals surface area contributed by atoms with Crippen LogP contribution in [0, 0.1) is 0 Å². The van der Waals surface area contributed by atoms with Crippen molar-refractivity contribution in [3.05, 3.63) is 35.4 Å². The number of nitrogens with two attached hydrogens (primary N) is 1. The molecular formula is C16H25N3. The molecule has 0 fully saturated rings. The Morgan fingerprint density at radius 3 is 2.37 bits per heavy atom. The SMILES string of the molecule is CCc1ccc(C2(CC)CN=C(N)N2C(C)C)cc1. The Balaban J connectivity index is 2.42. The molecular weight excluding hydrogens is 234 g/mol. The normalized spacial score (nSPS) is 23.0. The largest absolute Gasteiger partial charge is 0.370 e. The third-order valence-electron chi connectivity index (χ3n) is 4.21. The zero-order valence-corrected chi connectivity index (χ0v) is 12.5. The van der Waals surface area contributed by atoms with Gasteiger partial charge in [0.05, 0.1) is 12.1 Å². The molecule has 0 spiro atoms. The minimum Gasteiger partial charge on any atom is -0.370 e. The van der Waals surface area contributed by atoms with Gasteiger partial charge >= 0.3 is 0 Å². The van der Waals surface area contributed by atoms with Crippen LogP contribution in [-0.4, -0.2) is 23.4 Å². The highest BCUT2D eigenvalue weighted by molar-refractivity contribution is 5.81. The van der Waals surface area contributed by atoms with E-state index in [4.69, 9.17) is 5.73 Å². The summed E-state index contributed by atoms with van der Waals surface area (Å²) in [5.74, 6) is 0.677. The molecule has 0 amide bonds. The van der Waals surface area contributed by atoms with Crippen LogP contribution in [0.25, 0.3) is 0 Å². The molecule has 3 heteroatoms. The molecule has 1 unspecified atom stereocenters. The second-order valence-corrected chi connectivity index (χ2v) is 5.57. The van der Waals surface area contributed by atoms with E-state index in [0.717, 1.165) is 19.4 Å². The monoisotopic (exact) mass is 259 g/mol. The summed E-state index contributed by atoms with van der Waals surface area (Å²) in [6, 6.07) is 9.29. The first-order valence-electron chi connectivity index (χ1n) is 7.23. The van der Waals surface area contributed by atoms with E-state index in [-0.39, 0.29) is 5.54 Å². The number of rotatable bonds is 4. The van der Waals surface area contributed by atoms with Crippen LogP contribution in [0.2, 0.25) is 0 Å². The third-order valence-corrected chi connectivity index (χ3v) is 4.21. The van der Waals surface area contributed by atoms with Crippen LogP contribution in [0.15, 0.2) is 29.3 Å². The van der Waals surface area contributed by atoms with Crippen molar-refractivity contribution in [2.24, 2.45) is 10.7 Å². The summed E-state index contributed by atoms with van der Waals surface area (Å²) in [5.41, 5.74) is 8.73. The molecule has 1 heterocycles. The van der Waals surface area contributed by atoms with Gasteiger partial charge in [0, 0.05) is 6.04 Å². The first-order valence-corrected chi connectivity index (χ1v) is 7.23. The maximum absolute atomic E-state index is 6.10. The minimum atomic E-state index is -0.0650. The summed E-state index contributed by atoms with van der Waals surface area (Å²) in [7, 11) is 0. The molecule has 1 aliphatic heterocycles. The highest BCUT2D eigenvalue weighted by atomic mass is 15.4. The van der Waals surface area contributed by atoms with E-state index in [2.05, 4.69) is 61.9 Å². The van der Waals surface area contributed by atoms with Gasteiger partial charge in [0.1, 0.15) is 0 Å². The molecule has 1 atom stereocenters. The van der Waals surface area contributed by atoms with Crippen LogP contribution in [0.3, 0.4) is 0 Å². The molecule has 2 rings (SSSR count). The van der Waals surface area contributed by atoms with Gasteiger partial charge in [-0.1, -0.05) is 38.1 Å². The molecule has 0 aromatic heterocycles. The number of nitrogens with zero attached hydrogens (tertiary/aromatic N) is 2. The highest BCUT2D eigenvalue weighted by Crippen LogP contribution is 2.37. The number of guanidine groups is 1. The van der Waals surface area contributed by atoms with Gasteiger partial charge < -0.3 is 10.6 Å². The number of aliphatic imine (C=N–C) groups is 1. The van der Waals surface area contributed by atoms with E-state index >= 15 is 0 Å². The quantitative estimate of drug-likeness (QED) is 0.903. The number of aryl methyl sites for hydroxylation is 1. The molecule has 2 N–H and O–H groups in total. The Hall–Kier alpha value is -1.51. The zero-order chi connectivity index (χ0) is 14.0. The van der Waals surface area contributed by atoms with Crippen LogP contribution in [-0.2, 0) is 12.0 Å². The highest BCUT2D eigenvalue weighted by Gasteiger charge is 2.43. The molecule has 0 saturated carbocycles. The van der Waals surface area contributed by atoms with Crippen molar-refractivity contribution >= 4 is 5.96 Å². The maximum atomic E-state index is 6.10. The van der Waals surface area contributed by atoms with Crippen LogP contribution in [0.4, 0.5) is 0 Å². The van der Waals surface area contributed by atoms with E-state index in [9.17, 15) is 0 Å². The van der Waals surface area contributed by atoms with Gasteiger partial charge in [-0.15, -0.1) is 0 Å². The molecule has 3 nitrogen and oxygen atoms in total. The zero-order valence-electron chi connectivity index (χ0n) is 12.5. The summed E-state index contributed by atoms with van der Waals surface area (Å²) in [4.78, 5) is 6.77. The first kappa shape index (κ1) is 13.9. The average molecular weight is 259 g/mol. The van der Waals surface area contributed by atoms with E-state index in [1.165, 1.54) is 11.1 Å². The van der Waals surface area contributed by atoms with Crippen molar-refractivity contribution in [3.8, 4) is 0 Å². The Morgan fingerprint density at radius 1 is 1.26 bits per heavy atom. The standard InChI is InChI=1S/C16H25N3/c1-5-13-7-9-14(10-8-13)16(6-2)11-18-15(17)19(16)12(3)4/h7-10,12H,5-6,11H2,1-4H3,(H2,17,18). The number of benzene rings is 1. The van der Waals surface area contributed by atoms with Crippen molar-refractivity contribution in [3.63, 3.8) is 0 Å². The lowest BCUT2D eigenvalue weighted by atomic mass is 9.85. The van der Waals surface area contributed by atoms with Crippen LogP contribution in [0.5, 0.6) is 0 Å². The summed E-state index contributed by atoms with van der Waals surface area (Å²) in [6.07, 6.45) is 2.09. The van der Waals surface area contributed by atoms with Gasteiger partial charge in [-0.05, 0) is 37.8 Å². The van der Waals surface area contributed by atoms with Gasteiger partial charge in [0.25, 0.3) is 0 Å². The molecule has 0 aliphatic carbocycles.